The Kier molecular flexibility index (Phi) is 7.01. The van der Waals surface area contributed by atoms with E-state index in [0.717, 1.165) is 12.8 Å². The monoisotopic (exact) mass is 287 g/mol. The van der Waals surface area contributed by atoms with Gasteiger partial charge in [0, 0.05) is 20.3 Å². The highest BCUT2D eigenvalue weighted by atomic mass is 32.2. The number of nitrogens with one attached hydrogen (secondary N) is 1. The summed E-state index contributed by atoms with van der Waals surface area (Å²) < 4.78 is 31.1. The number of unbranched alkanes of at least 4 members (excludes halogenated alkanes) is 1. The van der Waals surface area contributed by atoms with E-state index >= 15 is 0 Å². The number of methoxy groups -OCH3 is 1. The van der Waals surface area contributed by atoms with E-state index in [2.05, 4.69) is 4.72 Å². The topological polar surface area (TPSA) is 75.6 Å². The van der Waals surface area contributed by atoms with Gasteiger partial charge in [0.05, 0.1) is 12.4 Å². The maximum Gasteiger partial charge on any atom is 0.215 e. The number of sulfonamides is 1. The third-order valence-corrected chi connectivity index (χ3v) is 3.99. The second kappa shape index (κ2) is 8.27. The number of ether oxygens (including phenoxy) is 1. The summed E-state index contributed by atoms with van der Waals surface area (Å²) in [6.45, 7) is 0.976. The molecule has 1 aromatic carbocycles. The molecule has 0 fully saturated rings. The predicted molar refractivity (Wildman–Crippen MR) is 74.1 cm³/mol. The highest BCUT2D eigenvalue weighted by Gasteiger charge is 2.10. The van der Waals surface area contributed by atoms with E-state index in [1.165, 1.54) is 0 Å². The molecule has 0 aliphatic heterocycles. The third-order valence-electron chi connectivity index (χ3n) is 2.63. The lowest BCUT2D eigenvalue weighted by molar-refractivity contribution is 0.193. The average Bonchev–Trinajstić information content (AvgIpc) is 2.38. The summed E-state index contributed by atoms with van der Waals surface area (Å²) in [5.74, 6) is -0.0644. The molecule has 19 heavy (non-hydrogen) atoms. The first-order valence-electron chi connectivity index (χ1n) is 6.22. The lowest BCUT2D eigenvalue weighted by Gasteiger charge is -2.07. The van der Waals surface area contributed by atoms with Crippen LogP contribution in [0.4, 0.5) is 0 Å². The fourth-order valence-electron chi connectivity index (χ4n) is 1.69. The normalized spacial score (nSPS) is 11.7. The largest absolute Gasteiger partial charge is 0.392 e. The minimum absolute atomic E-state index is 0.0644. The van der Waals surface area contributed by atoms with Crippen LogP contribution in [0.1, 0.15) is 24.0 Å². The Morgan fingerprint density at radius 2 is 2.00 bits per heavy atom. The van der Waals surface area contributed by atoms with Gasteiger partial charge in [-0.05, 0) is 24.0 Å². The molecule has 2 N–H and O–H groups in total. The van der Waals surface area contributed by atoms with E-state index in [9.17, 15) is 8.42 Å². The quantitative estimate of drug-likeness (QED) is 0.665. The van der Waals surface area contributed by atoms with E-state index in [1.54, 1.807) is 31.4 Å². The highest BCUT2D eigenvalue weighted by Crippen LogP contribution is 2.08. The first kappa shape index (κ1) is 16.1. The standard InChI is InChI=1S/C13H21NO4S/c1-18-8-3-2-7-14-19(16,17)11-13-6-4-5-12(9-13)10-15/h4-6,9,14-15H,2-3,7-8,10-11H2,1H3. The molecule has 0 heterocycles. The van der Waals surface area contributed by atoms with Gasteiger partial charge in [-0.2, -0.15) is 0 Å². The summed E-state index contributed by atoms with van der Waals surface area (Å²) in [5.41, 5.74) is 1.39. The number of benzene rings is 1. The van der Waals surface area contributed by atoms with Crippen LogP contribution in [0, 0.1) is 0 Å². The van der Waals surface area contributed by atoms with Gasteiger partial charge in [0.25, 0.3) is 0 Å². The van der Waals surface area contributed by atoms with Crippen molar-refractivity contribution in [2.45, 2.75) is 25.2 Å². The molecule has 0 atom stereocenters. The van der Waals surface area contributed by atoms with Crippen molar-refractivity contribution in [3.63, 3.8) is 0 Å². The third kappa shape index (κ3) is 6.68. The number of aliphatic hydroxyl groups is 1. The zero-order valence-corrected chi connectivity index (χ0v) is 11.9. The van der Waals surface area contributed by atoms with Crippen molar-refractivity contribution in [2.75, 3.05) is 20.3 Å². The van der Waals surface area contributed by atoms with Gasteiger partial charge in [-0.1, -0.05) is 24.3 Å². The maximum absolute atomic E-state index is 11.8. The highest BCUT2D eigenvalue weighted by molar-refractivity contribution is 7.88. The zero-order valence-electron chi connectivity index (χ0n) is 11.1. The van der Waals surface area contributed by atoms with E-state index < -0.39 is 10.0 Å². The van der Waals surface area contributed by atoms with E-state index in [-0.39, 0.29) is 12.4 Å². The summed E-state index contributed by atoms with van der Waals surface area (Å²) in [5, 5.41) is 9.01. The maximum atomic E-state index is 11.8. The Morgan fingerprint density at radius 1 is 1.26 bits per heavy atom. The number of hydrogen-bond donors (Lipinski definition) is 2. The van der Waals surface area contributed by atoms with Crippen molar-refractivity contribution < 1.29 is 18.3 Å². The summed E-state index contributed by atoms with van der Waals surface area (Å²) in [4.78, 5) is 0. The number of aliphatic hydroxyl groups excluding tert-OH is 1. The number of hydrogen-bond acceptors (Lipinski definition) is 4. The molecule has 0 aliphatic carbocycles. The molecule has 0 spiro atoms. The van der Waals surface area contributed by atoms with E-state index in [4.69, 9.17) is 9.84 Å². The molecule has 108 valence electrons. The van der Waals surface area contributed by atoms with Crippen molar-refractivity contribution in [3.8, 4) is 0 Å². The molecule has 0 bridgehead atoms. The van der Waals surface area contributed by atoms with Crippen LogP contribution in [-0.2, 0) is 27.1 Å². The van der Waals surface area contributed by atoms with Crippen LogP contribution in [0.3, 0.4) is 0 Å². The Morgan fingerprint density at radius 3 is 2.68 bits per heavy atom. The molecule has 0 unspecified atom stereocenters. The summed E-state index contributed by atoms with van der Waals surface area (Å²) in [7, 11) is -1.70. The first-order chi connectivity index (χ1) is 9.07. The van der Waals surface area contributed by atoms with Crippen LogP contribution < -0.4 is 4.72 Å². The van der Waals surface area contributed by atoms with Crippen LogP contribution >= 0.6 is 0 Å². The van der Waals surface area contributed by atoms with Crippen LogP contribution in [-0.4, -0.2) is 33.8 Å². The molecular formula is C13H21NO4S. The van der Waals surface area contributed by atoms with Gasteiger partial charge in [-0.3, -0.25) is 0 Å². The Hall–Kier alpha value is -0.950. The van der Waals surface area contributed by atoms with Crippen molar-refractivity contribution in [3.05, 3.63) is 35.4 Å². The second-order valence-electron chi connectivity index (χ2n) is 4.33. The van der Waals surface area contributed by atoms with Gasteiger partial charge < -0.3 is 9.84 Å². The molecule has 0 aromatic heterocycles. The Labute approximate surface area is 114 Å². The summed E-state index contributed by atoms with van der Waals surface area (Å²) >= 11 is 0. The molecule has 0 radical (unpaired) electrons. The van der Waals surface area contributed by atoms with Gasteiger partial charge in [0.15, 0.2) is 0 Å². The van der Waals surface area contributed by atoms with Crippen molar-refractivity contribution in [1.29, 1.82) is 0 Å². The van der Waals surface area contributed by atoms with Crippen LogP contribution in [0.2, 0.25) is 0 Å². The van der Waals surface area contributed by atoms with E-state index in [0.29, 0.717) is 24.3 Å². The van der Waals surface area contributed by atoms with Gasteiger partial charge >= 0.3 is 0 Å². The minimum Gasteiger partial charge on any atom is -0.392 e. The average molecular weight is 287 g/mol. The van der Waals surface area contributed by atoms with Gasteiger partial charge in [0.1, 0.15) is 0 Å². The first-order valence-corrected chi connectivity index (χ1v) is 7.87. The molecular weight excluding hydrogens is 266 g/mol. The van der Waals surface area contributed by atoms with Gasteiger partial charge in [-0.15, -0.1) is 0 Å². The lowest BCUT2D eigenvalue weighted by atomic mass is 10.1. The molecule has 0 saturated heterocycles. The molecule has 6 heteroatoms. The molecule has 1 aromatic rings. The van der Waals surface area contributed by atoms with E-state index in [1.807, 2.05) is 0 Å². The SMILES string of the molecule is COCCCCNS(=O)(=O)Cc1cccc(CO)c1. The van der Waals surface area contributed by atoms with Crippen LogP contribution in [0.15, 0.2) is 24.3 Å². The number of rotatable bonds is 9. The van der Waals surface area contributed by atoms with Gasteiger partial charge in [0.2, 0.25) is 10.0 Å². The Balaban J connectivity index is 2.45. The molecule has 1 rings (SSSR count). The summed E-state index contributed by atoms with van der Waals surface area (Å²) in [6, 6.07) is 6.94. The van der Waals surface area contributed by atoms with Crippen LogP contribution in [0.25, 0.3) is 0 Å². The molecule has 0 aliphatic rings. The summed E-state index contributed by atoms with van der Waals surface area (Å²) in [6.07, 6.45) is 1.59. The molecule has 0 saturated carbocycles. The molecule has 0 amide bonds. The van der Waals surface area contributed by atoms with Crippen LogP contribution in [0.5, 0.6) is 0 Å². The van der Waals surface area contributed by atoms with Crippen molar-refractivity contribution in [2.24, 2.45) is 0 Å². The zero-order chi connectivity index (χ0) is 14.1. The minimum atomic E-state index is -3.32. The predicted octanol–water partition coefficient (Wildman–Crippen LogP) is 1.02. The lowest BCUT2D eigenvalue weighted by Crippen LogP contribution is -2.26. The Bertz CT molecular complexity index is 473. The molecule has 5 nitrogen and oxygen atoms in total. The van der Waals surface area contributed by atoms with Crippen molar-refractivity contribution >= 4 is 10.0 Å². The van der Waals surface area contributed by atoms with Crippen molar-refractivity contribution in [1.82, 2.24) is 4.72 Å². The smallest absolute Gasteiger partial charge is 0.215 e. The fraction of sp³-hybridized carbons (Fsp3) is 0.538. The second-order valence-corrected chi connectivity index (χ2v) is 6.14. The van der Waals surface area contributed by atoms with Gasteiger partial charge in [-0.25, -0.2) is 13.1 Å². The fourth-order valence-corrected chi connectivity index (χ4v) is 2.86.